The van der Waals surface area contributed by atoms with Crippen LogP contribution in [-0.4, -0.2) is 14.2 Å². The highest BCUT2D eigenvalue weighted by molar-refractivity contribution is 5.43. The Morgan fingerprint density at radius 2 is 1.92 bits per heavy atom. The van der Waals surface area contributed by atoms with Crippen LogP contribution in [0.1, 0.15) is 5.56 Å². The molecule has 0 heterocycles. The van der Waals surface area contributed by atoms with E-state index >= 15 is 0 Å². The summed E-state index contributed by atoms with van der Waals surface area (Å²) in [6, 6.07) is 5.59. The molecule has 0 aliphatic rings. The second-order valence-corrected chi connectivity index (χ2v) is 2.53. The average Bonchev–Trinajstić information content (AvgIpc) is 2.18. The second-order valence-electron chi connectivity index (χ2n) is 2.53. The number of hydrogen-bond donors (Lipinski definition) is 0. The van der Waals surface area contributed by atoms with E-state index in [0.717, 1.165) is 5.56 Å². The Balaban J connectivity index is 3.00. The van der Waals surface area contributed by atoms with E-state index in [4.69, 9.17) is 16.0 Å². The SMILES string of the molecule is C#[N+]Cc1ccc(OC)c(OC)c1. The Morgan fingerprint density at radius 3 is 2.46 bits per heavy atom. The molecule has 0 aliphatic carbocycles. The summed E-state index contributed by atoms with van der Waals surface area (Å²) in [6.07, 6.45) is 0. The van der Waals surface area contributed by atoms with Gasteiger partial charge in [-0.1, -0.05) is 4.85 Å². The lowest BCUT2D eigenvalue weighted by Gasteiger charge is -2.06. The molecule has 68 valence electrons. The Labute approximate surface area is 77.7 Å². The lowest BCUT2D eigenvalue weighted by Crippen LogP contribution is -1.91. The van der Waals surface area contributed by atoms with Gasteiger partial charge in [-0.25, -0.2) is 0 Å². The van der Waals surface area contributed by atoms with Gasteiger partial charge in [-0.15, -0.1) is 0 Å². The van der Waals surface area contributed by atoms with Crippen molar-refractivity contribution in [3.8, 4) is 18.1 Å². The average molecular weight is 178 g/mol. The molecule has 3 nitrogen and oxygen atoms in total. The third-order valence-corrected chi connectivity index (χ3v) is 1.72. The molecule has 13 heavy (non-hydrogen) atoms. The van der Waals surface area contributed by atoms with Crippen molar-refractivity contribution in [2.45, 2.75) is 6.54 Å². The molecule has 0 N–H and O–H groups in total. The van der Waals surface area contributed by atoms with Crippen molar-refractivity contribution in [3.05, 3.63) is 28.6 Å². The predicted molar refractivity (Wildman–Crippen MR) is 51.6 cm³/mol. The molecule has 0 amide bonds. The number of methoxy groups -OCH3 is 2. The van der Waals surface area contributed by atoms with Crippen LogP contribution in [0.2, 0.25) is 0 Å². The van der Waals surface area contributed by atoms with Crippen LogP contribution in [0.25, 0.3) is 4.85 Å². The van der Waals surface area contributed by atoms with Gasteiger partial charge in [-0.2, -0.15) is 0 Å². The smallest absolute Gasteiger partial charge is 0.288 e. The molecule has 1 aromatic rings. The third-order valence-electron chi connectivity index (χ3n) is 1.72. The molecule has 0 aromatic heterocycles. The summed E-state index contributed by atoms with van der Waals surface area (Å²) in [5.74, 6) is 1.41. The molecular weight excluding hydrogens is 166 g/mol. The summed E-state index contributed by atoms with van der Waals surface area (Å²) in [5, 5.41) is 0. The van der Waals surface area contributed by atoms with E-state index in [1.807, 2.05) is 18.2 Å². The van der Waals surface area contributed by atoms with Gasteiger partial charge in [0.1, 0.15) is 0 Å². The summed E-state index contributed by atoms with van der Waals surface area (Å²) in [6.45, 7) is 5.56. The molecule has 0 saturated heterocycles. The van der Waals surface area contributed by atoms with Gasteiger partial charge in [0.25, 0.3) is 13.1 Å². The van der Waals surface area contributed by atoms with Crippen molar-refractivity contribution < 1.29 is 9.47 Å². The summed E-state index contributed by atoms with van der Waals surface area (Å²) in [7, 11) is 3.20. The molecule has 0 spiro atoms. The molecule has 0 radical (unpaired) electrons. The third kappa shape index (κ3) is 2.12. The Morgan fingerprint density at radius 1 is 1.23 bits per heavy atom. The van der Waals surface area contributed by atoms with Gasteiger partial charge in [0.05, 0.1) is 14.2 Å². The van der Waals surface area contributed by atoms with Crippen LogP contribution in [0.3, 0.4) is 0 Å². The van der Waals surface area contributed by atoms with Gasteiger partial charge in [0, 0.05) is 5.56 Å². The standard InChI is InChI=1S/C10H12NO2/c1-11-7-8-4-5-9(12-2)10(6-8)13-3/h1,4-6H,7H2,2-3H3/q+1. The molecular formula is C10H12NO2+. The first-order valence-electron chi connectivity index (χ1n) is 3.89. The van der Waals surface area contributed by atoms with Crippen molar-refractivity contribution in [2.75, 3.05) is 14.2 Å². The summed E-state index contributed by atoms with van der Waals surface area (Å²) < 4.78 is 10.2. The lowest BCUT2D eigenvalue weighted by molar-refractivity contribution is 0.354. The molecule has 0 atom stereocenters. The van der Waals surface area contributed by atoms with Crippen LogP contribution in [-0.2, 0) is 6.54 Å². The predicted octanol–water partition coefficient (Wildman–Crippen LogP) is 2.17. The maximum atomic E-state index is 5.12. The Bertz CT molecular complexity index is 328. The van der Waals surface area contributed by atoms with Gasteiger partial charge in [-0.05, 0) is 18.2 Å². The van der Waals surface area contributed by atoms with Gasteiger partial charge < -0.3 is 9.47 Å². The summed E-state index contributed by atoms with van der Waals surface area (Å²) in [4.78, 5) is 3.54. The lowest BCUT2D eigenvalue weighted by atomic mass is 10.2. The molecule has 0 bridgehead atoms. The molecule has 1 rings (SSSR count). The zero-order valence-corrected chi connectivity index (χ0v) is 7.78. The first kappa shape index (κ1) is 9.40. The van der Waals surface area contributed by atoms with E-state index in [2.05, 4.69) is 4.85 Å². The van der Waals surface area contributed by atoms with Gasteiger partial charge >= 0.3 is 0 Å². The zero-order valence-electron chi connectivity index (χ0n) is 7.78. The van der Waals surface area contributed by atoms with E-state index in [-0.39, 0.29) is 0 Å². The normalized spacial score (nSPS) is 9.00. The van der Waals surface area contributed by atoms with E-state index in [1.54, 1.807) is 14.2 Å². The van der Waals surface area contributed by atoms with E-state index in [1.165, 1.54) is 0 Å². The fourth-order valence-electron chi connectivity index (χ4n) is 1.08. The molecule has 0 saturated carbocycles. The van der Waals surface area contributed by atoms with Crippen LogP contribution in [0.15, 0.2) is 18.2 Å². The molecule has 0 fully saturated rings. The topological polar surface area (TPSA) is 22.8 Å². The van der Waals surface area contributed by atoms with Gasteiger partial charge in [0.15, 0.2) is 11.5 Å². The first-order chi connectivity index (χ1) is 6.31. The van der Waals surface area contributed by atoms with Crippen molar-refractivity contribution in [1.29, 1.82) is 0 Å². The summed E-state index contributed by atoms with van der Waals surface area (Å²) >= 11 is 0. The van der Waals surface area contributed by atoms with Crippen molar-refractivity contribution in [3.63, 3.8) is 0 Å². The molecule has 1 aromatic carbocycles. The van der Waals surface area contributed by atoms with Crippen LogP contribution in [0, 0.1) is 6.57 Å². The number of ether oxygens (including phenoxy) is 2. The van der Waals surface area contributed by atoms with Crippen LogP contribution in [0.4, 0.5) is 0 Å². The number of benzene rings is 1. The fourth-order valence-corrected chi connectivity index (χ4v) is 1.08. The zero-order chi connectivity index (χ0) is 9.68. The molecule has 3 heteroatoms. The minimum atomic E-state index is 0.486. The largest absolute Gasteiger partial charge is 0.493 e. The van der Waals surface area contributed by atoms with Crippen LogP contribution >= 0.6 is 0 Å². The fraction of sp³-hybridized carbons (Fsp3) is 0.300. The van der Waals surface area contributed by atoms with Crippen molar-refractivity contribution >= 4 is 0 Å². The highest BCUT2D eigenvalue weighted by Crippen LogP contribution is 2.27. The highest BCUT2D eigenvalue weighted by Gasteiger charge is 2.05. The second kappa shape index (κ2) is 4.36. The van der Waals surface area contributed by atoms with Gasteiger partial charge in [0.2, 0.25) is 0 Å². The maximum Gasteiger partial charge on any atom is 0.288 e. The minimum absolute atomic E-state index is 0.486. The quantitative estimate of drug-likeness (QED) is 0.707. The minimum Gasteiger partial charge on any atom is -0.493 e. The van der Waals surface area contributed by atoms with E-state index in [9.17, 15) is 0 Å². The van der Waals surface area contributed by atoms with Gasteiger partial charge in [-0.3, -0.25) is 0 Å². The van der Waals surface area contributed by atoms with Crippen molar-refractivity contribution in [2.24, 2.45) is 0 Å². The first-order valence-corrected chi connectivity index (χ1v) is 3.89. The van der Waals surface area contributed by atoms with Crippen LogP contribution in [0.5, 0.6) is 11.5 Å². The maximum absolute atomic E-state index is 5.12. The summed E-state index contributed by atoms with van der Waals surface area (Å²) in [5.41, 5.74) is 1.00. The number of nitrogens with zero attached hydrogens (tertiary/aromatic N) is 1. The molecule has 0 aliphatic heterocycles. The highest BCUT2D eigenvalue weighted by atomic mass is 16.5. The Hall–Kier alpha value is -1.69. The van der Waals surface area contributed by atoms with E-state index in [0.29, 0.717) is 18.0 Å². The Kier molecular flexibility index (Phi) is 3.15. The monoisotopic (exact) mass is 178 g/mol. The number of rotatable bonds is 3. The molecule has 0 unspecified atom stereocenters. The van der Waals surface area contributed by atoms with Crippen LogP contribution < -0.4 is 9.47 Å². The van der Waals surface area contributed by atoms with E-state index < -0.39 is 0 Å². The van der Waals surface area contributed by atoms with Crippen molar-refractivity contribution in [1.82, 2.24) is 0 Å². The number of hydrogen-bond acceptors (Lipinski definition) is 2.